The van der Waals surface area contributed by atoms with Crippen molar-refractivity contribution in [2.45, 2.75) is 0 Å². The number of hydrogen-bond acceptors (Lipinski definition) is 4. The fourth-order valence-electron chi connectivity index (χ4n) is 1.23. The molecule has 1 aromatic carbocycles. The zero-order valence-corrected chi connectivity index (χ0v) is 10.6. The Hall–Kier alpha value is -1.78. The van der Waals surface area contributed by atoms with Crippen LogP contribution in [0.1, 0.15) is 11.3 Å². The summed E-state index contributed by atoms with van der Waals surface area (Å²) in [5.74, 6) is 0.499. The zero-order chi connectivity index (χ0) is 13.0. The van der Waals surface area contributed by atoms with Crippen molar-refractivity contribution in [3.05, 3.63) is 51.9 Å². The van der Waals surface area contributed by atoms with Crippen LogP contribution in [-0.4, -0.2) is 17.5 Å². The van der Waals surface area contributed by atoms with Gasteiger partial charge in [-0.15, -0.1) is 0 Å². The molecule has 0 spiro atoms. The monoisotopic (exact) mass is 282 g/mol. The van der Waals surface area contributed by atoms with Crippen LogP contribution in [0.15, 0.2) is 45.1 Å². The molecule has 2 aromatic rings. The Kier molecular flexibility index (Phi) is 4.02. The molecule has 0 amide bonds. The van der Waals surface area contributed by atoms with E-state index in [1.54, 1.807) is 12.1 Å². The molecule has 0 radical (unpaired) electrons. The second-order valence-corrected chi connectivity index (χ2v) is 4.17. The zero-order valence-electron chi connectivity index (χ0n) is 9.05. The Labute approximate surface area is 113 Å². The molecule has 0 aliphatic rings. The van der Waals surface area contributed by atoms with Gasteiger partial charge in [0.05, 0.1) is 23.7 Å². The van der Waals surface area contributed by atoms with Crippen molar-refractivity contribution < 1.29 is 9.52 Å². The van der Waals surface area contributed by atoms with E-state index in [9.17, 15) is 5.11 Å². The van der Waals surface area contributed by atoms with Gasteiger partial charge in [0.1, 0.15) is 11.5 Å². The number of hydrogen-bond donors (Lipinski definition) is 1. The van der Waals surface area contributed by atoms with Gasteiger partial charge in [-0.1, -0.05) is 23.2 Å². The van der Waals surface area contributed by atoms with E-state index in [2.05, 4.69) is 10.2 Å². The highest BCUT2D eigenvalue weighted by Gasteiger charge is 2.05. The van der Waals surface area contributed by atoms with Gasteiger partial charge in [0.15, 0.2) is 0 Å². The van der Waals surface area contributed by atoms with Crippen molar-refractivity contribution in [2.24, 2.45) is 10.2 Å². The summed E-state index contributed by atoms with van der Waals surface area (Å²) in [6.07, 6.45) is 4.33. The maximum absolute atomic E-state index is 9.65. The predicted molar refractivity (Wildman–Crippen MR) is 72.0 cm³/mol. The van der Waals surface area contributed by atoms with Crippen LogP contribution in [0.5, 0.6) is 5.75 Å². The largest absolute Gasteiger partial charge is 0.506 e. The SMILES string of the molecule is Oc1c(Cl)cc(Cl)cc1C=NN=Cc1ccco1. The van der Waals surface area contributed by atoms with Gasteiger partial charge in [-0.05, 0) is 24.3 Å². The molecule has 0 saturated heterocycles. The van der Waals surface area contributed by atoms with Crippen molar-refractivity contribution in [1.29, 1.82) is 0 Å². The molecule has 1 N–H and O–H groups in total. The quantitative estimate of drug-likeness (QED) is 0.689. The van der Waals surface area contributed by atoms with Crippen molar-refractivity contribution in [3.8, 4) is 5.75 Å². The van der Waals surface area contributed by atoms with E-state index >= 15 is 0 Å². The van der Waals surface area contributed by atoms with Crippen LogP contribution < -0.4 is 0 Å². The molecule has 0 fully saturated rings. The van der Waals surface area contributed by atoms with Gasteiger partial charge in [0.2, 0.25) is 0 Å². The normalized spacial score (nSPS) is 11.7. The van der Waals surface area contributed by atoms with Crippen LogP contribution in [0.2, 0.25) is 10.0 Å². The first kappa shape index (κ1) is 12.7. The highest BCUT2D eigenvalue weighted by Crippen LogP contribution is 2.29. The number of rotatable bonds is 3. The number of nitrogens with zero attached hydrogens (tertiary/aromatic N) is 2. The van der Waals surface area contributed by atoms with Crippen LogP contribution in [0, 0.1) is 0 Å². The minimum Gasteiger partial charge on any atom is -0.506 e. The average Bonchev–Trinajstić information content (AvgIpc) is 2.83. The third-order valence-corrected chi connectivity index (χ3v) is 2.56. The molecule has 4 nitrogen and oxygen atoms in total. The van der Waals surface area contributed by atoms with E-state index in [0.717, 1.165) is 0 Å². The first-order chi connectivity index (χ1) is 8.66. The Morgan fingerprint density at radius 2 is 1.94 bits per heavy atom. The Morgan fingerprint density at radius 3 is 2.67 bits per heavy atom. The number of halogens is 2. The van der Waals surface area contributed by atoms with Crippen molar-refractivity contribution in [3.63, 3.8) is 0 Å². The fraction of sp³-hybridized carbons (Fsp3) is 0. The van der Waals surface area contributed by atoms with Crippen molar-refractivity contribution >= 4 is 35.6 Å². The van der Waals surface area contributed by atoms with E-state index in [4.69, 9.17) is 27.6 Å². The number of phenolic OH excluding ortho intramolecular Hbond substituents is 1. The lowest BCUT2D eigenvalue weighted by atomic mass is 10.2. The van der Waals surface area contributed by atoms with Crippen LogP contribution in [-0.2, 0) is 0 Å². The number of furan rings is 1. The summed E-state index contributed by atoms with van der Waals surface area (Å²) in [4.78, 5) is 0. The summed E-state index contributed by atoms with van der Waals surface area (Å²) in [5, 5.41) is 17.8. The highest BCUT2D eigenvalue weighted by molar-refractivity contribution is 6.36. The van der Waals surface area contributed by atoms with E-state index < -0.39 is 0 Å². The lowest BCUT2D eigenvalue weighted by Crippen LogP contribution is -1.84. The van der Waals surface area contributed by atoms with Gasteiger partial charge in [-0.25, -0.2) is 0 Å². The number of aromatic hydroxyl groups is 1. The Morgan fingerprint density at radius 1 is 1.17 bits per heavy atom. The van der Waals surface area contributed by atoms with Gasteiger partial charge in [0, 0.05) is 10.6 Å². The molecule has 0 unspecified atom stereocenters. The second kappa shape index (κ2) is 5.71. The molecule has 0 bridgehead atoms. The summed E-state index contributed by atoms with van der Waals surface area (Å²) < 4.78 is 5.03. The topological polar surface area (TPSA) is 58.1 Å². The summed E-state index contributed by atoms with van der Waals surface area (Å²) in [5.41, 5.74) is 0.393. The lowest BCUT2D eigenvalue weighted by molar-refractivity contribution is 0.475. The standard InChI is InChI=1S/C12H8Cl2N2O2/c13-9-4-8(12(17)11(14)5-9)6-15-16-7-10-2-1-3-18-10/h1-7,17H. The molecule has 0 atom stereocenters. The van der Waals surface area contributed by atoms with Gasteiger partial charge in [-0.3, -0.25) is 0 Å². The van der Waals surface area contributed by atoms with Crippen LogP contribution in [0.25, 0.3) is 0 Å². The molecular weight excluding hydrogens is 275 g/mol. The minimum absolute atomic E-state index is 0.0852. The smallest absolute Gasteiger partial charge is 0.146 e. The Balaban J connectivity index is 2.14. The van der Waals surface area contributed by atoms with Crippen LogP contribution >= 0.6 is 23.2 Å². The van der Waals surface area contributed by atoms with E-state index in [0.29, 0.717) is 16.3 Å². The third-order valence-electron chi connectivity index (χ3n) is 2.05. The van der Waals surface area contributed by atoms with Gasteiger partial charge in [-0.2, -0.15) is 10.2 Å². The van der Waals surface area contributed by atoms with Crippen LogP contribution in [0.3, 0.4) is 0 Å². The second-order valence-electron chi connectivity index (χ2n) is 3.33. The van der Waals surface area contributed by atoms with Crippen molar-refractivity contribution in [2.75, 3.05) is 0 Å². The lowest BCUT2D eigenvalue weighted by Gasteiger charge is -2.01. The molecule has 0 aliphatic carbocycles. The van der Waals surface area contributed by atoms with Gasteiger partial charge < -0.3 is 9.52 Å². The first-order valence-corrected chi connectivity index (χ1v) is 5.70. The van der Waals surface area contributed by atoms with E-state index in [1.807, 2.05) is 0 Å². The van der Waals surface area contributed by atoms with E-state index in [1.165, 1.54) is 30.8 Å². The maximum Gasteiger partial charge on any atom is 0.146 e. The first-order valence-electron chi connectivity index (χ1n) is 4.95. The fourth-order valence-corrected chi connectivity index (χ4v) is 1.74. The molecule has 1 heterocycles. The number of phenols is 1. The van der Waals surface area contributed by atoms with E-state index in [-0.39, 0.29) is 10.8 Å². The van der Waals surface area contributed by atoms with Crippen LogP contribution in [0.4, 0.5) is 0 Å². The average molecular weight is 283 g/mol. The summed E-state index contributed by atoms with van der Waals surface area (Å²) >= 11 is 11.6. The maximum atomic E-state index is 9.65. The molecule has 18 heavy (non-hydrogen) atoms. The summed E-state index contributed by atoms with van der Waals surface area (Å²) in [6, 6.07) is 6.47. The Bertz CT molecular complexity index is 592. The molecule has 6 heteroatoms. The third kappa shape index (κ3) is 3.12. The highest BCUT2D eigenvalue weighted by atomic mass is 35.5. The molecular formula is C12H8Cl2N2O2. The minimum atomic E-state index is -0.0852. The molecule has 0 saturated carbocycles. The van der Waals surface area contributed by atoms with Crippen molar-refractivity contribution in [1.82, 2.24) is 0 Å². The predicted octanol–water partition coefficient (Wildman–Crippen LogP) is 3.75. The number of benzene rings is 1. The molecule has 92 valence electrons. The van der Waals surface area contributed by atoms with Gasteiger partial charge in [0.25, 0.3) is 0 Å². The summed E-state index contributed by atoms with van der Waals surface area (Å²) in [7, 11) is 0. The summed E-state index contributed by atoms with van der Waals surface area (Å²) in [6.45, 7) is 0. The molecule has 0 aliphatic heterocycles. The molecule has 1 aromatic heterocycles. The van der Waals surface area contributed by atoms with Gasteiger partial charge >= 0.3 is 0 Å². The molecule has 2 rings (SSSR count).